The van der Waals surface area contributed by atoms with Crippen LogP contribution in [0, 0.1) is 0 Å². The van der Waals surface area contributed by atoms with Crippen LogP contribution in [0.4, 0.5) is 5.13 Å². The number of aromatic nitrogens is 1. The number of anilines is 1. The Kier molecular flexibility index (Phi) is 5.32. The van der Waals surface area contributed by atoms with Crippen molar-refractivity contribution in [3.8, 4) is 0 Å². The van der Waals surface area contributed by atoms with Crippen molar-refractivity contribution in [1.29, 1.82) is 0 Å². The molecule has 24 heavy (non-hydrogen) atoms. The van der Waals surface area contributed by atoms with Crippen LogP contribution < -0.4 is 10.5 Å². The summed E-state index contributed by atoms with van der Waals surface area (Å²) < 4.78 is 27.4. The third kappa shape index (κ3) is 4.60. The van der Waals surface area contributed by atoms with Crippen molar-refractivity contribution in [2.75, 3.05) is 5.32 Å². The fourth-order valence-corrected chi connectivity index (χ4v) is 2.85. The maximum absolute atomic E-state index is 12.1. The van der Waals surface area contributed by atoms with Gasteiger partial charge in [-0.05, 0) is 38.1 Å². The van der Waals surface area contributed by atoms with E-state index in [1.807, 2.05) is 0 Å². The maximum atomic E-state index is 12.1. The number of hydrogen-bond acceptors (Lipinski definition) is 7. The second-order valence-electron chi connectivity index (χ2n) is 5.02. The van der Waals surface area contributed by atoms with Crippen LogP contribution in [0.3, 0.4) is 0 Å². The van der Waals surface area contributed by atoms with E-state index in [1.54, 1.807) is 13.8 Å². The molecule has 0 fully saturated rings. The van der Waals surface area contributed by atoms with Crippen LogP contribution in [0.5, 0.6) is 0 Å². The van der Waals surface area contributed by atoms with Gasteiger partial charge in [-0.25, -0.2) is 23.3 Å². The van der Waals surface area contributed by atoms with E-state index in [1.165, 1.54) is 29.6 Å². The number of hydrogen-bond donors (Lipinski definition) is 2. The first-order valence-electron chi connectivity index (χ1n) is 6.77. The third-order valence-electron chi connectivity index (χ3n) is 2.72. The van der Waals surface area contributed by atoms with E-state index in [2.05, 4.69) is 10.3 Å². The molecular weight excluding hydrogens is 354 g/mol. The lowest BCUT2D eigenvalue weighted by atomic mass is 10.2. The zero-order valence-corrected chi connectivity index (χ0v) is 14.5. The van der Waals surface area contributed by atoms with Crippen LogP contribution in [-0.4, -0.2) is 31.4 Å². The van der Waals surface area contributed by atoms with Crippen LogP contribution >= 0.6 is 11.3 Å². The number of benzene rings is 1. The molecule has 0 radical (unpaired) electrons. The van der Waals surface area contributed by atoms with Crippen molar-refractivity contribution < 1.29 is 22.7 Å². The molecule has 0 unspecified atom stereocenters. The van der Waals surface area contributed by atoms with Gasteiger partial charge in [-0.1, -0.05) is 0 Å². The van der Waals surface area contributed by atoms with Crippen LogP contribution in [0.2, 0.25) is 0 Å². The van der Waals surface area contributed by atoms with Crippen LogP contribution in [0.15, 0.2) is 34.5 Å². The molecule has 2 aromatic rings. The molecule has 1 aromatic heterocycles. The van der Waals surface area contributed by atoms with Gasteiger partial charge in [0.25, 0.3) is 5.91 Å². The first-order valence-corrected chi connectivity index (χ1v) is 9.20. The topological polar surface area (TPSA) is 128 Å². The standard InChI is InChI=1S/C14H15N3O5S2/c1-8(2)22-13(19)11-7-23-14(16-11)17-12(18)9-3-5-10(6-4-9)24(15,20)21/h3-8H,1-2H3,(H2,15,20,21)(H,16,17,18). The predicted octanol–water partition coefficient (Wildman–Crippen LogP) is 1.61. The summed E-state index contributed by atoms with van der Waals surface area (Å²) in [4.78, 5) is 27.7. The van der Waals surface area contributed by atoms with E-state index in [0.29, 0.717) is 0 Å². The summed E-state index contributed by atoms with van der Waals surface area (Å²) in [5.74, 6) is -1.06. The molecule has 1 heterocycles. The fourth-order valence-electron chi connectivity index (χ4n) is 1.66. The Morgan fingerprint density at radius 3 is 2.42 bits per heavy atom. The zero-order chi connectivity index (χ0) is 17.9. The molecular formula is C14H15N3O5S2. The minimum absolute atomic E-state index is 0.0907. The average Bonchev–Trinajstić information content (AvgIpc) is 2.94. The number of nitrogens with one attached hydrogen (secondary N) is 1. The van der Waals surface area contributed by atoms with Crippen molar-refractivity contribution in [3.63, 3.8) is 0 Å². The number of carbonyl (C=O) groups is 2. The Morgan fingerprint density at radius 1 is 1.25 bits per heavy atom. The highest BCUT2D eigenvalue weighted by atomic mass is 32.2. The molecule has 0 saturated heterocycles. The molecule has 0 bridgehead atoms. The van der Waals surface area contributed by atoms with E-state index < -0.39 is 21.9 Å². The number of primary sulfonamides is 1. The van der Waals surface area contributed by atoms with Crippen LogP contribution in [0.25, 0.3) is 0 Å². The van der Waals surface area contributed by atoms with Crippen molar-refractivity contribution in [3.05, 3.63) is 40.9 Å². The first-order chi connectivity index (χ1) is 11.2. The molecule has 1 amide bonds. The molecule has 0 aliphatic carbocycles. The zero-order valence-electron chi connectivity index (χ0n) is 12.8. The Balaban J connectivity index is 2.07. The van der Waals surface area contributed by atoms with Crippen molar-refractivity contribution in [2.45, 2.75) is 24.8 Å². The number of amides is 1. The first kappa shape index (κ1) is 18.0. The molecule has 2 rings (SSSR count). The lowest BCUT2D eigenvalue weighted by molar-refractivity contribution is 0.0371. The van der Waals surface area contributed by atoms with Gasteiger partial charge in [-0.3, -0.25) is 10.1 Å². The molecule has 128 valence electrons. The number of esters is 1. The quantitative estimate of drug-likeness (QED) is 0.771. The molecule has 0 atom stereocenters. The molecule has 0 aliphatic rings. The molecule has 0 saturated carbocycles. The number of nitrogens with two attached hydrogens (primary N) is 1. The van der Waals surface area contributed by atoms with Gasteiger partial charge in [-0.15, -0.1) is 11.3 Å². The molecule has 0 aliphatic heterocycles. The summed E-state index contributed by atoms with van der Waals surface area (Å²) in [5.41, 5.74) is 0.331. The Hall–Kier alpha value is -2.30. The van der Waals surface area contributed by atoms with Gasteiger partial charge < -0.3 is 4.74 Å². The maximum Gasteiger partial charge on any atom is 0.358 e. The van der Waals surface area contributed by atoms with Crippen molar-refractivity contribution >= 4 is 38.4 Å². The summed E-state index contributed by atoms with van der Waals surface area (Å²) >= 11 is 1.08. The lowest BCUT2D eigenvalue weighted by Gasteiger charge is -2.05. The smallest absolute Gasteiger partial charge is 0.358 e. The SMILES string of the molecule is CC(C)OC(=O)c1csc(NC(=O)c2ccc(S(N)(=O)=O)cc2)n1. The number of rotatable bonds is 5. The van der Waals surface area contributed by atoms with Gasteiger partial charge in [0.15, 0.2) is 10.8 Å². The second-order valence-corrected chi connectivity index (χ2v) is 7.43. The Labute approximate surface area is 142 Å². The number of ether oxygens (including phenoxy) is 1. The number of thiazole rings is 1. The van der Waals surface area contributed by atoms with Crippen LogP contribution in [-0.2, 0) is 14.8 Å². The highest BCUT2D eigenvalue weighted by Crippen LogP contribution is 2.18. The Morgan fingerprint density at radius 2 is 1.88 bits per heavy atom. The number of sulfonamides is 1. The lowest BCUT2D eigenvalue weighted by Crippen LogP contribution is -2.15. The van der Waals surface area contributed by atoms with Gasteiger partial charge in [0.2, 0.25) is 10.0 Å². The van der Waals surface area contributed by atoms with Crippen molar-refractivity contribution in [2.24, 2.45) is 5.14 Å². The van der Waals surface area contributed by atoms with E-state index in [0.717, 1.165) is 11.3 Å². The predicted molar refractivity (Wildman–Crippen MR) is 88.4 cm³/mol. The monoisotopic (exact) mass is 369 g/mol. The number of carbonyl (C=O) groups excluding carboxylic acids is 2. The summed E-state index contributed by atoms with van der Waals surface area (Å²) in [5, 5.41) is 9.22. The van der Waals surface area contributed by atoms with Gasteiger partial charge in [-0.2, -0.15) is 0 Å². The normalized spacial score (nSPS) is 11.3. The third-order valence-corrected chi connectivity index (χ3v) is 4.41. The summed E-state index contributed by atoms with van der Waals surface area (Å²) in [6.45, 7) is 3.44. The Bertz CT molecular complexity index is 857. The second kappa shape index (κ2) is 7.07. The largest absolute Gasteiger partial charge is 0.458 e. The van der Waals surface area contributed by atoms with E-state index in [4.69, 9.17) is 9.88 Å². The van der Waals surface area contributed by atoms with Gasteiger partial charge in [0.1, 0.15) is 0 Å². The van der Waals surface area contributed by atoms with E-state index in [9.17, 15) is 18.0 Å². The average molecular weight is 369 g/mol. The molecule has 10 heteroatoms. The van der Waals surface area contributed by atoms with Gasteiger partial charge in [0, 0.05) is 10.9 Å². The minimum Gasteiger partial charge on any atom is -0.458 e. The van der Waals surface area contributed by atoms with Gasteiger partial charge >= 0.3 is 5.97 Å². The van der Waals surface area contributed by atoms with E-state index in [-0.39, 0.29) is 27.4 Å². The van der Waals surface area contributed by atoms with E-state index >= 15 is 0 Å². The minimum atomic E-state index is -3.81. The van der Waals surface area contributed by atoms with Crippen LogP contribution in [0.1, 0.15) is 34.7 Å². The molecule has 8 nitrogen and oxygen atoms in total. The summed E-state index contributed by atoms with van der Waals surface area (Å²) in [7, 11) is -3.81. The molecule has 0 spiro atoms. The summed E-state index contributed by atoms with van der Waals surface area (Å²) in [6, 6.07) is 5.13. The van der Waals surface area contributed by atoms with Crippen molar-refractivity contribution in [1.82, 2.24) is 4.98 Å². The highest BCUT2D eigenvalue weighted by molar-refractivity contribution is 7.89. The molecule has 3 N–H and O–H groups in total. The summed E-state index contributed by atoms with van der Waals surface area (Å²) in [6.07, 6.45) is -0.269. The highest BCUT2D eigenvalue weighted by Gasteiger charge is 2.16. The fraction of sp³-hybridized carbons (Fsp3) is 0.214. The molecule has 1 aromatic carbocycles. The number of nitrogens with zero attached hydrogens (tertiary/aromatic N) is 1. The van der Waals surface area contributed by atoms with Gasteiger partial charge in [0.05, 0.1) is 11.0 Å².